The predicted octanol–water partition coefficient (Wildman–Crippen LogP) is 3.17. The number of hydrogen-bond acceptors (Lipinski definition) is 3. The quantitative estimate of drug-likeness (QED) is 0.708. The molecular formula is C13H9BrINO3S. The third-order valence-electron chi connectivity index (χ3n) is 2.44. The molecule has 7 heteroatoms. The van der Waals surface area contributed by atoms with Gasteiger partial charge in [-0.05, 0) is 65.1 Å². The molecule has 0 bridgehead atoms. The van der Waals surface area contributed by atoms with Crippen molar-refractivity contribution in [1.29, 1.82) is 0 Å². The molecule has 2 rings (SSSR count). The van der Waals surface area contributed by atoms with Gasteiger partial charge in [0, 0.05) is 13.6 Å². The fourth-order valence-electron chi connectivity index (χ4n) is 1.48. The molecule has 0 aliphatic carbocycles. The number of hydrogen-bond donors (Lipinski definition) is 1. The van der Waals surface area contributed by atoms with Gasteiger partial charge in [-0.25, -0.2) is 13.1 Å². The summed E-state index contributed by atoms with van der Waals surface area (Å²) in [4.78, 5) is 12.0. The lowest BCUT2D eigenvalue weighted by Gasteiger charge is -2.07. The first-order valence-electron chi connectivity index (χ1n) is 5.47. The number of sulfonamides is 1. The molecule has 0 saturated heterocycles. The van der Waals surface area contributed by atoms with Crippen molar-refractivity contribution in [1.82, 2.24) is 4.72 Å². The number of rotatable bonds is 3. The highest BCUT2D eigenvalue weighted by Crippen LogP contribution is 2.15. The van der Waals surface area contributed by atoms with Gasteiger partial charge in [-0.1, -0.05) is 22.0 Å². The predicted molar refractivity (Wildman–Crippen MR) is 88.0 cm³/mol. The maximum atomic E-state index is 12.1. The van der Waals surface area contributed by atoms with Crippen LogP contribution in [0.25, 0.3) is 0 Å². The van der Waals surface area contributed by atoms with E-state index in [0.717, 1.165) is 8.04 Å². The van der Waals surface area contributed by atoms with Crippen LogP contribution in [0.4, 0.5) is 0 Å². The van der Waals surface area contributed by atoms with Gasteiger partial charge in [0.2, 0.25) is 0 Å². The van der Waals surface area contributed by atoms with E-state index in [4.69, 9.17) is 0 Å². The Balaban J connectivity index is 2.24. The van der Waals surface area contributed by atoms with Gasteiger partial charge in [-0.3, -0.25) is 4.79 Å². The summed E-state index contributed by atoms with van der Waals surface area (Å²) >= 11 is 5.28. The van der Waals surface area contributed by atoms with Crippen LogP contribution < -0.4 is 4.72 Å². The number of carbonyl (C=O) groups excluding carboxylic acids is 1. The highest BCUT2D eigenvalue weighted by Gasteiger charge is 2.18. The van der Waals surface area contributed by atoms with Crippen molar-refractivity contribution in [3.8, 4) is 0 Å². The van der Waals surface area contributed by atoms with E-state index >= 15 is 0 Å². The van der Waals surface area contributed by atoms with Crippen LogP contribution in [0.1, 0.15) is 10.4 Å². The van der Waals surface area contributed by atoms with Gasteiger partial charge in [0.1, 0.15) is 0 Å². The summed E-state index contributed by atoms with van der Waals surface area (Å²) in [5, 5.41) is 0. The summed E-state index contributed by atoms with van der Waals surface area (Å²) in [5.41, 5.74) is 0.303. The maximum absolute atomic E-state index is 12.1. The van der Waals surface area contributed by atoms with E-state index < -0.39 is 15.9 Å². The van der Waals surface area contributed by atoms with Crippen molar-refractivity contribution < 1.29 is 13.2 Å². The van der Waals surface area contributed by atoms with Crippen LogP contribution in [0, 0.1) is 3.57 Å². The van der Waals surface area contributed by atoms with Gasteiger partial charge in [-0.2, -0.15) is 0 Å². The highest BCUT2D eigenvalue weighted by molar-refractivity contribution is 14.1. The van der Waals surface area contributed by atoms with Gasteiger partial charge < -0.3 is 0 Å². The number of benzene rings is 2. The fraction of sp³-hybridized carbons (Fsp3) is 0. The molecule has 0 radical (unpaired) electrons. The Morgan fingerprint density at radius 1 is 1.10 bits per heavy atom. The first kappa shape index (κ1) is 15.5. The van der Waals surface area contributed by atoms with Crippen molar-refractivity contribution >= 4 is 54.5 Å². The van der Waals surface area contributed by atoms with Gasteiger partial charge in [0.05, 0.1) is 4.90 Å². The number of halogens is 2. The number of carbonyl (C=O) groups is 1. The third kappa shape index (κ3) is 3.80. The summed E-state index contributed by atoms with van der Waals surface area (Å²) in [6.07, 6.45) is 0. The molecule has 0 saturated carbocycles. The molecule has 1 N–H and O–H groups in total. The van der Waals surface area contributed by atoms with Crippen molar-refractivity contribution in [2.24, 2.45) is 0 Å². The van der Waals surface area contributed by atoms with E-state index in [1.54, 1.807) is 30.3 Å². The summed E-state index contributed by atoms with van der Waals surface area (Å²) < 4.78 is 27.8. The molecule has 20 heavy (non-hydrogen) atoms. The monoisotopic (exact) mass is 465 g/mol. The second-order valence-electron chi connectivity index (χ2n) is 3.90. The summed E-state index contributed by atoms with van der Waals surface area (Å²) in [5.74, 6) is -0.647. The minimum atomic E-state index is -3.86. The van der Waals surface area contributed by atoms with Gasteiger partial charge in [-0.15, -0.1) is 0 Å². The standard InChI is InChI=1S/C13H9BrINO3S/c14-10-4-6-12(7-5-10)20(18,19)16-13(17)9-2-1-3-11(15)8-9/h1-8H,(H,16,17). The number of amides is 1. The summed E-state index contributed by atoms with van der Waals surface area (Å²) in [7, 11) is -3.86. The van der Waals surface area contributed by atoms with E-state index in [-0.39, 0.29) is 4.90 Å². The largest absolute Gasteiger partial charge is 0.268 e. The van der Waals surface area contributed by atoms with Crippen molar-refractivity contribution in [2.45, 2.75) is 4.90 Å². The van der Waals surface area contributed by atoms with Gasteiger partial charge >= 0.3 is 0 Å². The summed E-state index contributed by atoms with van der Waals surface area (Å²) in [6, 6.07) is 12.8. The molecule has 1 amide bonds. The molecule has 0 unspecified atom stereocenters. The Morgan fingerprint density at radius 3 is 2.35 bits per heavy atom. The molecule has 2 aromatic carbocycles. The normalized spacial score (nSPS) is 11.1. The van der Waals surface area contributed by atoms with Gasteiger partial charge in [0.15, 0.2) is 0 Å². The second-order valence-corrected chi connectivity index (χ2v) is 7.74. The van der Waals surface area contributed by atoms with Crippen LogP contribution in [0.2, 0.25) is 0 Å². The van der Waals surface area contributed by atoms with Gasteiger partial charge in [0.25, 0.3) is 15.9 Å². The Labute approximate surface area is 138 Å². The number of nitrogens with one attached hydrogen (secondary N) is 1. The van der Waals surface area contributed by atoms with Crippen molar-refractivity contribution in [3.05, 3.63) is 62.1 Å². The molecular weight excluding hydrogens is 457 g/mol. The zero-order chi connectivity index (χ0) is 14.8. The van der Waals surface area contributed by atoms with Crippen LogP contribution >= 0.6 is 38.5 Å². The molecule has 0 aliphatic heterocycles. The van der Waals surface area contributed by atoms with E-state index in [2.05, 4.69) is 43.2 Å². The molecule has 0 atom stereocenters. The average Bonchev–Trinajstić information content (AvgIpc) is 2.38. The molecule has 0 heterocycles. The first-order chi connectivity index (χ1) is 9.38. The lowest BCUT2D eigenvalue weighted by Crippen LogP contribution is -2.30. The molecule has 0 fully saturated rings. The molecule has 0 aliphatic rings. The molecule has 0 spiro atoms. The topological polar surface area (TPSA) is 63.2 Å². The minimum Gasteiger partial charge on any atom is -0.268 e. The maximum Gasteiger partial charge on any atom is 0.265 e. The lowest BCUT2D eigenvalue weighted by atomic mass is 10.2. The molecule has 104 valence electrons. The average molecular weight is 466 g/mol. The summed E-state index contributed by atoms with van der Waals surface area (Å²) in [6.45, 7) is 0. The zero-order valence-corrected chi connectivity index (χ0v) is 14.6. The molecule has 0 aromatic heterocycles. The molecule has 4 nitrogen and oxygen atoms in total. The third-order valence-corrected chi connectivity index (χ3v) is 4.98. The van der Waals surface area contributed by atoms with Crippen LogP contribution in [-0.4, -0.2) is 14.3 Å². The first-order valence-corrected chi connectivity index (χ1v) is 8.82. The Hall–Kier alpha value is -0.930. The van der Waals surface area contributed by atoms with Crippen molar-refractivity contribution in [3.63, 3.8) is 0 Å². The van der Waals surface area contributed by atoms with Crippen LogP contribution in [0.3, 0.4) is 0 Å². The fourth-order valence-corrected chi connectivity index (χ4v) is 3.26. The SMILES string of the molecule is O=C(NS(=O)(=O)c1ccc(Br)cc1)c1cccc(I)c1. The van der Waals surface area contributed by atoms with Crippen LogP contribution in [-0.2, 0) is 10.0 Å². The van der Waals surface area contributed by atoms with E-state index in [1.807, 2.05) is 6.07 Å². The van der Waals surface area contributed by atoms with Crippen LogP contribution in [0.5, 0.6) is 0 Å². The molecule has 2 aromatic rings. The highest BCUT2D eigenvalue weighted by atomic mass is 127. The van der Waals surface area contributed by atoms with Crippen LogP contribution in [0.15, 0.2) is 57.9 Å². The van der Waals surface area contributed by atoms with Crippen molar-refractivity contribution in [2.75, 3.05) is 0 Å². The minimum absolute atomic E-state index is 0.0414. The van der Waals surface area contributed by atoms with E-state index in [9.17, 15) is 13.2 Å². The Kier molecular flexibility index (Phi) is 4.82. The van der Waals surface area contributed by atoms with E-state index in [0.29, 0.717) is 5.56 Å². The second kappa shape index (κ2) is 6.23. The zero-order valence-electron chi connectivity index (χ0n) is 10.0. The lowest BCUT2D eigenvalue weighted by molar-refractivity contribution is 0.0981. The smallest absolute Gasteiger partial charge is 0.265 e. The Bertz CT molecular complexity index is 744. The Morgan fingerprint density at radius 2 is 1.75 bits per heavy atom. The van der Waals surface area contributed by atoms with E-state index in [1.165, 1.54) is 12.1 Å².